The van der Waals surface area contributed by atoms with Crippen LogP contribution in [-0.2, 0) is 17.6 Å². The van der Waals surface area contributed by atoms with Gasteiger partial charge in [-0.25, -0.2) is 4.79 Å². The topological polar surface area (TPSA) is 93.3 Å². The van der Waals surface area contributed by atoms with Crippen LogP contribution in [0.2, 0.25) is 0 Å². The zero-order valence-electron chi connectivity index (χ0n) is 19.3. The molecule has 4 N–H and O–H groups in total. The van der Waals surface area contributed by atoms with Crippen LogP contribution in [0.3, 0.4) is 0 Å². The van der Waals surface area contributed by atoms with Gasteiger partial charge in [-0.15, -0.1) is 0 Å². The summed E-state index contributed by atoms with van der Waals surface area (Å²) in [6.45, 7) is 7.68. The van der Waals surface area contributed by atoms with Crippen LogP contribution >= 0.6 is 0 Å². The number of aryl methyl sites for hydroxylation is 1. The van der Waals surface area contributed by atoms with Gasteiger partial charge in [0.1, 0.15) is 11.3 Å². The minimum atomic E-state index is -4.90. The van der Waals surface area contributed by atoms with Crippen LogP contribution in [0.1, 0.15) is 80.4 Å². The van der Waals surface area contributed by atoms with Crippen molar-refractivity contribution in [3.8, 4) is 11.5 Å². The SMILES string of the molecule is CCCc1cc(C(=N)C(F)(F)F)c([OH2+])c(CCC)c1OC(C(=O)O)c1ccc(C(C)C)cc1. The lowest BCUT2D eigenvalue weighted by Gasteiger charge is -2.22. The van der Waals surface area contributed by atoms with E-state index in [0.717, 1.165) is 11.6 Å². The van der Waals surface area contributed by atoms with Crippen LogP contribution < -0.4 is 4.74 Å². The summed E-state index contributed by atoms with van der Waals surface area (Å²) >= 11 is 0. The molecule has 0 fully saturated rings. The van der Waals surface area contributed by atoms with Crippen LogP contribution in [0.5, 0.6) is 11.5 Å². The van der Waals surface area contributed by atoms with Crippen molar-refractivity contribution in [1.29, 1.82) is 5.41 Å². The van der Waals surface area contributed by atoms with Gasteiger partial charge in [0.15, 0.2) is 5.71 Å². The van der Waals surface area contributed by atoms with Crippen LogP contribution in [0.25, 0.3) is 0 Å². The summed E-state index contributed by atoms with van der Waals surface area (Å²) in [6.07, 6.45) is -4.65. The highest BCUT2D eigenvalue weighted by molar-refractivity contribution is 6.05. The maximum Gasteiger partial charge on any atom is 0.433 e. The minimum Gasteiger partial charge on any atom is -0.593 e. The Bertz CT molecular complexity index is 998. The van der Waals surface area contributed by atoms with Crippen LogP contribution in [0.4, 0.5) is 13.2 Å². The largest absolute Gasteiger partial charge is 0.593 e. The molecular weight excluding hydrogens is 435 g/mol. The van der Waals surface area contributed by atoms with E-state index in [9.17, 15) is 23.1 Å². The zero-order valence-corrected chi connectivity index (χ0v) is 19.3. The van der Waals surface area contributed by atoms with Gasteiger partial charge in [0.2, 0.25) is 6.10 Å². The standard InChI is InChI=1S/C25H30F3NO4/c1-5-7-17-13-19(23(29)25(26,27)28)20(30)18(8-6-2)21(17)33-22(24(31)32)16-11-9-15(10-12-16)14(3)4/h9-14,22,29-30H,5-8H2,1-4H3,(H,31,32)/p+1. The monoisotopic (exact) mass is 466 g/mol. The van der Waals surface area contributed by atoms with Gasteiger partial charge >= 0.3 is 12.1 Å². The number of hydrogen-bond acceptors (Lipinski definition) is 3. The molecule has 0 aliphatic carbocycles. The van der Waals surface area contributed by atoms with Crippen molar-refractivity contribution in [3.05, 3.63) is 58.1 Å². The van der Waals surface area contributed by atoms with Gasteiger partial charge in [0, 0.05) is 5.56 Å². The number of nitrogens with one attached hydrogen (secondary N) is 1. The maximum atomic E-state index is 13.3. The number of halogens is 3. The summed E-state index contributed by atoms with van der Waals surface area (Å²) in [4.78, 5) is 12.1. The van der Waals surface area contributed by atoms with Gasteiger partial charge in [0.05, 0.1) is 5.56 Å². The highest BCUT2D eigenvalue weighted by Gasteiger charge is 2.40. The fourth-order valence-corrected chi connectivity index (χ4v) is 3.66. The lowest BCUT2D eigenvalue weighted by molar-refractivity contribution is -0.145. The van der Waals surface area contributed by atoms with Gasteiger partial charge in [-0.2, -0.15) is 13.2 Å². The Balaban J connectivity index is 2.65. The average molecular weight is 467 g/mol. The number of benzene rings is 2. The van der Waals surface area contributed by atoms with E-state index in [4.69, 9.17) is 15.3 Å². The quantitative estimate of drug-likeness (QED) is 0.318. The highest BCUT2D eigenvalue weighted by Crippen LogP contribution is 2.41. The number of ether oxygens (including phenoxy) is 1. The molecule has 1 unspecified atom stereocenters. The molecule has 0 amide bonds. The molecule has 2 aromatic carbocycles. The Hall–Kier alpha value is -3.03. The van der Waals surface area contributed by atoms with E-state index in [-0.39, 0.29) is 23.7 Å². The molecule has 0 aliphatic heterocycles. The number of carboxylic acid groups (broad SMARTS) is 1. The summed E-state index contributed by atoms with van der Waals surface area (Å²) in [5.41, 5.74) is -0.119. The van der Waals surface area contributed by atoms with Gasteiger partial charge in [-0.05, 0) is 36.0 Å². The third kappa shape index (κ3) is 6.06. The highest BCUT2D eigenvalue weighted by atomic mass is 19.4. The van der Waals surface area contributed by atoms with Crippen molar-refractivity contribution in [2.45, 2.75) is 71.6 Å². The summed E-state index contributed by atoms with van der Waals surface area (Å²) in [5, 5.41) is 25.8. The Morgan fingerprint density at radius 1 is 1.09 bits per heavy atom. The Morgan fingerprint density at radius 3 is 2.09 bits per heavy atom. The summed E-state index contributed by atoms with van der Waals surface area (Å²) in [5.74, 6) is -1.30. The van der Waals surface area contributed by atoms with Gasteiger partial charge in [-0.3, -0.25) is 5.41 Å². The first-order valence-electron chi connectivity index (χ1n) is 11.0. The Labute approximate surface area is 191 Å². The Morgan fingerprint density at radius 2 is 1.64 bits per heavy atom. The summed E-state index contributed by atoms with van der Waals surface area (Å²) < 4.78 is 45.7. The number of aliphatic carboxylic acids is 1. The van der Waals surface area contributed by atoms with Crippen molar-refractivity contribution in [3.63, 3.8) is 0 Å². The number of hydrogen-bond donors (Lipinski definition) is 2. The first-order chi connectivity index (χ1) is 15.4. The lowest BCUT2D eigenvalue weighted by Crippen LogP contribution is -2.24. The van der Waals surface area contributed by atoms with Crippen molar-refractivity contribution in [2.24, 2.45) is 0 Å². The van der Waals surface area contributed by atoms with Gasteiger partial charge < -0.3 is 14.9 Å². The molecule has 0 spiro atoms. The fourth-order valence-electron chi connectivity index (χ4n) is 3.66. The molecule has 0 aliphatic rings. The third-order valence-electron chi connectivity index (χ3n) is 5.39. The van der Waals surface area contributed by atoms with Crippen molar-refractivity contribution < 1.29 is 32.9 Å². The van der Waals surface area contributed by atoms with E-state index in [2.05, 4.69) is 0 Å². The van der Waals surface area contributed by atoms with E-state index < -0.39 is 35.3 Å². The molecule has 33 heavy (non-hydrogen) atoms. The number of carboxylic acids is 1. The molecule has 1 atom stereocenters. The predicted molar refractivity (Wildman–Crippen MR) is 122 cm³/mol. The van der Waals surface area contributed by atoms with Gasteiger partial charge in [-0.1, -0.05) is 64.8 Å². The summed E-state index contributed by atoms with van der Waals surface area (Å²) in [7, 11) is 0. The van der Waals surface area contributed by atoms with Crippen LogP contribution in [-0.4, -0.2) is 28.1 Å². The van der Waals surface area contributed by atoms with E-state index in [1.165, 1.54) is 0 Å². The molecule has 8 heteroatoms. The first-order valence-corrected chi connectivity index (χ1v) is 11.0. The van der Waals surface area contributed by atoms with E-state index in [0.29, 0.717) is 30.4 Å². The normalized spacial score (nSPS) is 12.6. The number of carbonyl (C=O) groups is 1. The van der Waals surface area contributed by atoms with Crippen LogP contribution in [0, 0.1) is 5.41 Å². The molecule has 180 valence electrons. The summed E-state index contributed by atoms with van der Waals surface area (Å²) in [6, 6.07) is 8.13. The van der Waals surface area contributed by atoms with Crippen molar-refractivity contribution in [2.75, 3.05) is 0 Å². The smallest absolute Gasteiger partial charge is 0.433 e. The van der Waals surface area contributed by atoms with E-state index in [1.54, 1.807) is 12.1 Å². The number of rotatable bonds is 10. The van der Waals surface area contributed by atoms with Crippen molar-refractivity contribution in [1.82, 2.24) is 0 Å². The molecule has 5 nitrogen and oxygen atoms in total. The van der Waals surface area contributed by atoms with Crippen molar-refractivity contribution >= 4 is 11.7 Å². The molecule has 0 bridgehead atoms. The van der Waals surface area contributed by atoms with E-state index >= 15 is 0 Å². The molecule has 0 saturated carbocycles. The molecule has 2 rings (SSSR count). The lowest BCUT2D eigenvalue weighted by atomic mass is 9.94. The minimum absolute atomic E-state index is 0.128. The third-order valence-corrected chi connectivity index (χ3v) is 5.39. The molecule has 0 aromatic heterocycles. The van der Waals surface area contributed by atoms with Crippen LogP contribution in [0.15, 0.2) is 30.3 Å². The molecular formula is C25H31F3NO4+. The molecule has 0 heterocycles. The molecule has 0 radical (unpaired) electrons. The van der Waals surface area contributed by atoms with E-state index in [1.807, 2.05) is 39.8 Å². The second-order valence-electron chi connectivity index (χ2n) is 8.30. The second kappa shape index (κ2) is 10.7. The number of alkyl halides is 3. The Kier molecular flexibility index (Phi) is 8.52. The fraction of sp³-hybridized carbons (Fsp3) is 0.440. The maximum absolute atomic E-state index is 13.3. The first kappa shape index (κ1) is 26.2. The second-order valence-corrected chi connectivity index (χ2v) is 8.30. The zero-order chi connectivity index (χ0) is 24.9. The predicted octanol–water partition coefficient (Wildman–Crippen LogP) is 6.29. The molecule has 0 saturated heterocycles. The molecule has 2 aromatic rings. The van der Waals surface area contributed by atoms with Gasteiger partial charge in [0.25, 0.3) is 5.75 Å². The average Bonchev–Trinajstić information content (AvgIpc) is 2.74.